The minimum absolute atomic E-state index is 0.0212. The van der Waals surface area contributed by atoms with Crippen LogP contribution in [-0.4, -0.2) is 28.1 Å². The first-order valence-electron chi connectivity index (χ1n) is 9.96. The zero-order valence-electron chi connectivity index (χ0n) is 17.7. The molecule has 0 saturated carbocycles. The summed E-state index contributed by atoms with van der Waals surface area (Å²) in [6, 6.07) is 2.60. The van der Waals surface area contributed by atoms with E-state index in [1.807, 2.05) is 6.92 Å². The van der Waals surface area contributed by atoms with Crippen molar-refractivity contribution in [3.63, 3.8) is 0 Å². The second-order valence-electron chi connectivity index (χ2n) is 6.81. The molecule has 0 radical (unpaired) electrons. The fourth-order valence-corrected chi connectivity index (χ4v) is 2.75. The van der Waals surface area contributed by atoms with E-state index in [0.29, 0.717) is 13.1 Å². The average Bonchev–Trinajstić information content (AvgIpc) is 3.43. The van der Waals surface area contributed by atoms with Gasteiger partial charge in [0.05, 0.1) is 5.69 Å². The Hall–Kier alpha value is -3.83. The van der Waals surface area contributed by atoms with Gasteiger partial charge in [-0.15, -0.1) is 0 Å². The Balaban J connectivity index is 1.71. The van der Waals surface area contributed by atoms with Gasteiger partial charge in [-0.05, 0) is 25.5 Å². The van der Waals surface area contributed by atoms with Crippen LogP contribution in [0.25, 0.3) is 0 Å². The molecule has 0 atom stereocenters. The molecule has 3 rings (SSSR count). The molecule has 8 nitrogen and oxygen atoms in total. The van der Waals surface area contributed by atoms with Crippen LogP contribution in [-0.2, 0) is 13.2 Å². The number of aryl methyl sites for hydroxylation is 1. The van der Waals surface area contributed by atoms with Crippen molar-refractivity contribution in [3.8, 4) is 5.75 Å². The van der Waals surface area contributed by atoms with E-state index in [0.717, 1.165) is 6.42 Å². The predicted molar refractivity (Wildman–Crippen MR) is 108 cm³/mol. The third-order valence-electron chi connectivity index (χ3n) is 4.40. The Labute approximate surface area is 185 Å². The molecule has 33 heavy (non-hydrogen) atoms. The van der Waals surface area contributed by atoms with Crippen molar-refractivity contribution in [1.82, 2.24) is 15.1 Å². The molecule has 0 fully saturated rings. The SMILES string of the molecule is CCCNC(=O)c1nn(CC)cc1NC(=O)c1ccc(COc2c(F)c(F)cc(F)c2F)o1. The summed E-state index contributed by atoms with van der Waals surface area (Å²) in [5, 5.41) is 9.33. The summed E-state index contributed by atoms with van der Waals surface area (Å²) >= 11 is 0. The number of anilines is 1. The van der Waals surface area contributed by atoms with Gasteiger partial charge in [-0.25, -0.2) is 8.78 Å². The van der Waals surface area contributed by atoms with E-state index < -0.39 is 47.4 Å². The Morgan fingerprint density at radius 3 is 2.42 bits per heavy atom. The Morgan fingerprint density at radius 2 is 1.79 bits per heavy atom. The lowest BCUT2D eigenvalue weighted by atomic mass is 10.3. The summed E-state index contributed by atoms with van der Waals surface area (Å²) in [5.41, 5.74) is 0.178. The number of nitrogens with zero attached hydrogens (tertiary/aromatic N) is 2. The van der Waals surface area contributed by atoms with Crippen molar-refractivity contribution in [2.75, 3.05) is 11.9 Å². The van der Waals surface area contributed by atoms with E-state index in [2.05, 4.69) is 15.7 Å². The second kappa shape index (κ2) is 10.2. The lowest BCUT2D eigenvalue weighted by molar-refractivity contribution is 0.0948. The van der Waals surface area contributed by atoms with Gasteiger partial charge in [-0.2, -0.15) is 13.9 Å². The molecule has 176 valence electrons. The van der Waals surface area contributed by atoms with E-state index in [4.69, 9.17) is 9.15 Å². The van der Waals surface area contributed by atoms with Gasteiger partial charge in [0.25, 0.3) is 11.8 Å². The normalized spacial score (nSPS) is 10.8. The number of amides is 2. The van der Waals surface area contributed by atoms with Gasteiger partial charge in [0.15, 0.2) is 28.8 Å². The Bertz CT molecular complexity index is 1150. The summed E-state index contributed by atoms with van der Waals surface area (Å²) in [7, 11) is 0. The Morgan fingerprint density at radius 1 is 1.09 bits per heavy atom. The van der Waals surface area contributed by atoms with Crippen LogP contribution in [0.4, 0.5) is 23.2 Å². The third kappa shape index (κ3) is 5.33. The molecule has 0 unspecified atom stereocenters. The minimum atomic E-state index is -1.69. The van der Waals surface area contributed by atoms with Crippen LogP contribution in [0.1, 0.15) is 47.1 Å². The number of hydrogen-bond acceptors (Lipinski definition) is 5. The zero-order chi connectivity index (χ0) is 24.1. The van der Waals surface area contributed by atoms with E-state index in [1.165, 1.54) is 23.0 Å². The monoisotopic (exact) mass is 468 g/mol. The number of nitrogens with one attached hydrogen (secondary N) is 2. The predicted octanol–water partition coefficient (Wildman–Crippen LogP) is 4.02. The highest BCUT2D eigenvalue weighted by Crippen LogP contribution is 2.27. The van der Waals surface area contributed by atoms with Gasteiger partial charge in [0.1, 0.15) is 12.4 Å². The largest absolute Gasteiger partial charge is 0.479 e. The number of hydrogen-bond donors (Lipinski definition) is 2. The van der Waals surface area contributed by atoms with Gasteiger partial charge in [-0.3, -0.25) is 14.3 Å². The van der Waals surface area contributed by atoms with Gasteiger partial charge >= 0.3 is 0 Å². The van der Waals surface area contributed by atoms with Crippen LogP contribution in [0.3, 0.4) is 0 Å². The van der Waals surface area contributed by atoms with Crippen LogP contribution >= 0.6 is 0 Å². The van der Waals surface area contributed by atoms with E-state index in [-0.39, 0.29) is 29.0 Å². The van der Waals surface area contributed by atoms with Crippen LogP contribution in [0.2, 0.25) is 0 Å². The molecule has 1 aromatic carbocycles. The molecule has 12 heteroatoms. The second-order valence-corrected chi connectivity index (χ2v) is 6.81. The average molecular weight is 468 g/mol. The number of ether oxygens (including phenoxy) is 1. The number of carbonyl (C=O) groups is 2. The molecule has 2 N–H and O–H groups in total. The number of benzene rings is 1. The first-order chi connectivity index (χ1) is 15.7. The summed E-state index contributed by atoms with van der Waals surface area (Å²) in [4.78, 5) is 24.9. The van der Waals surface area contributed by atoms with Crippen LogP contribution in [0.5, 0.6) is 5.75 Å². The van der Waals surface area contributed by atoms with Crippen molar-refractivity contribution in [3.05, 3.63) is 64.9 Å². The quantitative estimate of drug-likeness (QED) is 0.365. The number of halogens is 4. The molecule has 0 aliphatic rings. The molecule has 2 aromatic heterocycles. The molecule has 0 saturated heterocycles. The Kier molecular flexibility index (Phi) is 7.36. The first-order valence-corrected chi connectivity index (χ1v) is 9.96. The molecule has 0 bridgehead atoms. The molecule has 2 amide bonds. The van der Waals surface area contributed by atoms with Crippen LogP contribution in [0.15, 0.2) is 28.8 Å². The highest BCUT2D eigenvalue weighted by atomic mass is 19.2. The number of carbonyl (C=O) groups excluding carboxylic acids is 2. The zero-order valence-corrected chi connectivity index (χ0v) is 17.7. The molecule has 2 heterocycles. The number of aromatic nitrogens is 2. The highest BCUT2D eigenvalue weighted by molar-refractivity contribution is 6.07. The van der Waals surface area contributed by atoms with Crippen LogP contribution < -0.4 is 15.4 Å². The van der Waals surface area contributed by atoms with E-state index in [1.54, 1.807) is 6.92 Å². The minimum Gasteiger partial charge on any atom is -0.479 e. The van der Waals surface area contributed by atoms with Gasteiger partial charge in [0.2, 0.25) is 11.6 Å². The maximum Gasteiger partial charge on any atom is 0.291 e. The topological polar surface area (TPSA) is 98.4 Å². The molecule has 0 aliphatic carbocycles. The van der Waals surface area contributed by atoms with Crippen molar-refractivity contribution >= 4 is 17.5 Å². The fourth-order valence-electron chi connectivity index (χ4n) is 2.75. The van der Waals surface area contributed by atoms with E-state index >= 15 is 0 Å². The molecular weight excluding hydrogens is 448 g/mol. The van der Waals surface area contributed by atoms with Crippen molar-refractivity contribution in [2.45, 2.75) is 33.4 Å². The van der Waals surface area contributed by atoms with Crippen molar-refractivity contribution in [1.29, 1.82) is 0 Å². The summed E-state index contributed by atoms with van der Waals surface area (Å²) in [6.07, 6.45) is 2.20. The molecule has 0 spiro atoms. The first kappa shape index (κ1) is 23.8. The lowest BCUT2D eigenvalue weighted by Crippen LogP contribution is -2.26. The fraction of sp³-hybridized carbons (Fsp3) is 0.286. The standard InChI is InChI=1S/C21H20F4N4O4/c1-3-7-26-21(31)18-14(9-29(4-2)28-18)27-20(30)15-6-5-11(33-15)10-32-19-16(24)12(22)8-13(23)17(19)25/h5-6,8-9H,3-4,7,10H2,1-2H3,(H,26,31)(H,27,30). The highest BCUT2D eigenvalue weighted by Gasteiger charge is 2.22. The smallest absolute Gasteiger partial charge is 0.291 e. The molecule has 0 aliphatic heterocycles. The third-order valence-corrected chi connectivity index (χ3v) is 4.40. The molecule has 3 aromatic rings. The summed E-state index contributed by atoms with van der Waals surface area (Å²) < 4.78 is 65.5. The van der Waals surface area contributed by atoms with Gasteiger partial charge in [-0.1, -0.05) is 6.92 Å². The van der Waals surface area contributed by atoms with Gasteiger partial charge < -0.3 is 19.8 Å². The van der Waals surface area contributed by atoms with Crippen molar-refractivity contribution in [2.24, 2.45) is 0 Å². The van der Waals surface area contributed by atoms with Gasteiger partial charge in [0, 0.05) is 25.4 Å². The van der Waals surface area contributed by atoms with Crippen molar-refractivity contribution < 1.29 is 36.3 Å². The van der Waals surface area contributed by atoms with E-state index in [9.17, 15) is 27.2 Å². The number of furan rings is 1. The maximum absolute atomic E-state index is 13.7. The maximum atomic E-state index is 13.7. The number of rotatable bonds is 9. The summed E-state index contributed by atoms with van der Waals surface area (Å²) in [6.45, 7) is 3.98. The van der Waals surface area contributed by atoms with Crippen LogP contribution in [0, 0.1) is 23.3 Å². The molecular formula is C21H20F4N4O4. The lowest BCUT2D eigenvalue weighted by Gasteiger charge is -2.08. The summed E-state index contributed by atoms with van der Waals surface area (Å²) in [5.74, 6) is -9.30.